The van der Waals surface area contributed by atoms with Crippen LogP contribution in [0, 0.1) is 0 Å². The summed E-state index contributed by atoms with van der Waals surface area (Å²) in [5, 5.41) is 21.7. The van der Waals surface area contributed by atoms with Crippen molar-refractivity contribution in [3.63, 3.8) is 0 Å². The van der Waals surface area contributed by atoms with Gasteiger partial charge in [0.25, 0.3) is 0 Å². The van der Waals surface area contributed by atoms with E-state index in [0.717, 1.165) is 0 Å². The smallest absolute Gasteiger partial charge is 0.450 e. The summed E-state index contributed by atoms with van der Waals surface area (Å²) in [4.78, 5) is 8.56. The molecule has 0 amide bonds. The fourth-order valence-corrected chi connectivity index (χ4v) is 0. The molecule has 0 radical (unpaired) electrons. The zero-order valence-corrected chi connectivity index (χ0v) is 5.66. The summed E-state index contributed by atoms with van der Waals surface area (Å²) >= 11 is 0. The lowest BCUT2D eigenvalue weighted by molar-refractivity contribution is 0.137. The van der Waals surface area contributed by atoms with Crippen molar-refractivity contribution in [2.75, 3.05) is 13.2 Å². The van der Waals surface area contributed by atoms with Crippen molar-refractivity contribution in [2.24, 2.45) is 5.73 Å². The Kier molecular flexibility index (Phi) is 55.7. The van der Waals surface area contributed by atoms with Crippen molar-refractivity contribution in [2.45, 2.75) is 0 Å². The highest BCUT2D eigenvalue weighted by atomic mass is 16.6. The quantitative estimate of drug-likeness (QED) is 0.297. The van der Waals surface area contributed by atoms with Gasteiger partial charge in [0.15, 0.2) is 0 Å². The first kappa shape index (κ1) is 22.9. The van der Waals surface area contributed by atoms with E-state index in [-0.39, 0.29) is 18.9 Å². The van der Waals surface area contributed by atoms with Crippen molar-refractivity contribution in [1.82, 2.24) is 12.3 Å². The van der Waals surface area contributed by atoms with E-state index in [4.69, 9.17) is 25.8 Å². The Morgan fingerprint density at radius 3 is 1.40 bits per heavy atom. The average Bonchev–Trinajstić information content (AvgIpc) is 1.65. The molecule has 0 bridgehead atoms. The molecule has 66 valence electrons. The second kappa shape index (κ2) is 24.3. The van der Waals surface area contributed by atoms with E-state index < -0.39 is 6.16 Å². The molecule has 0 aliphatic heterocycles. The lowest BCUT2D eigenvalue weighted by Gasteiger charge is -1.71. The lowest BCUT2D eigenvalue weighted by Crippen LogP contribution is -2.02. The van der Waals surface area contributed by atoms with E-state index in [1.807, 2.05) is 0 Å². The zero-order chi connectivity index (χ0) is 6.99. The third kappa shape index (κ3) is 21900. The van der Waals surface area contributed by atoms with E-state index in [2.05, 4.69) is 0 Å². The van der Waals surface area contributed by atoms with Crippen LogP contribution in [0.3, 0.4) is 0 Å². The average molecular weight is 157 g/mol. The van der Waals surface area contributed by atoms with Crippen LogP contribution in [-0.4, -0.2) is 34.6 Å². The van der Waals surface area contributed by atoms with Crippen LogP contribution in [0.2, 0.25) is 0 Å². The fourth-order valence-electron chi connectivity index (χ4n) is 0. The molecule has 0 heterocycles. The monoisotopic (exact) mass is 157 g/mol. The van der Waals surface area contributed by atoms with Gasteiger partial charge in [0, 0.05) is 6.54 Å². The van der Waals surface area contributed by atoms with Crippen LogP contribution in [0.4, 0.5) is 4.79 Å². The second-order valence-electron chi connectivity index (χ2n) is 0.795. The van der Waals surface area contributed by atoms with Crippen molar-refractivity contribution >= 4 is 6.16 Å². The predicted molar refractivity (Wildman–Crippen MR) is 36.8 cm³/mol. The minimum Gasteiger partial charge on any atom is -0.450 e. The zero-order valence-electron chi connectivity index (χ0n) is 5.66. The van der Waals surface area contributed by atoms with Gasteiger partial charge < -0.3 is 33.4 Å². The van der Waals surface area contributed by atoms with E-state index in [9.17, 15) is 0 Å². The van der Waals surface area contributed by atoms with Gasteiger partial charge in [0.2, 0.25) is 0 Å². The third-order valence-corrected chi connectivity index (χ3v) is 0.129. The van der Waals surface area contributed by atoms with Crippen LogP contribution in [0.15, 0.2) is 0 Å². The molecular formula is C3H15N3O4. The summed E-state index contributed by atoms with van der Waals surface area (Å²) in [5.41, 5.74) is 4.78. The molecule has 0 rings (SSSR count). The van der Waals surface area contributed by atoms with E-state index in [0.29, 0.717) is 6.54 Å². The van der Waals surface area contributed by atoms with Crippen LogP contribution < -0.4 is 18.0 Å². The molecule has 0 aromatic rings. The Balaban J connectivity index is -0.0000000300. The molecule has 0 aliphatic rings. The first-order valence-electron chi connectivity index (χ1n) is 1.88. The number of aliphatic hydroxyl groups excluding tert-OH is 1. The maximum atomic E-state index is 8.56. The molecular weight excluding hydrogens is 142 g/mol. The number of carbonyl (C=O) groups is 1. The minimum absolute atomic E-state index is 0. The van der Waals surface area contributed by atoms with Crippen molar-refractivity contribution in [1.29, 1.82) is 0 Å². The third-order valence-electron chi connectivity index (χ3n) is 0.129. The molecule has 0 aromatic carbocycles. The molecule has 0 saturated carbocycles. The summed E-state index contributed by atoms with van der Waals surface area (Å²) in [6, 6.07) is 0. The largest absolute Gasteiger partial charge is 0.503 e. The highest BCUT2D eigenvalue weighted by molar-refractivity contribution is 5.53. The molecule has 0 saturated heterocycles. The normalized spacial score (nSPS) is 5.40. The molecule has 0 spiro atoms. The lowest BCUT2D eigenvalue weighted by atomic mass is 10.8. The van der Waals surface area contributed by atoms with Crippen molar-refractivity contribution < 1.29 is 20.1 Å². The van der Waals surface area contributed by atoms with Crippen LogP contribution in [0.25, 0.3) is 0 Å². The van der Waals surface area contributed by atoms with E-state index in [1.165, 1.54) is 0 Å². The maximum absolute atomic E-state index is 8.56. The fraction of sp³-hybridized carbons (Fsp3) is 0.667. The van der Waals surface area contributed by atoms with E-state index in [1.54, 1.807) is 0 Å². The van der Waals surface area contributed by atoms with Gasteiger partial charge in [-0.05, 0) is 0 Å². The number of rotatable bonds is 1. The molecule has 7 nitrogen and oxygen atoms in total. The minimum atomic E-state index is -1.83. The van der Waals surface area contributed by atoms with Gasteiger partial charge in [0.1, 0.15) is 0 Å². The summed E-state index contributed by atoms with van der Waals surface area (Å²) in [6.07, 6.45) is -1.83. The molecule has 0 aliphatic carbocycles. The van der Waals surface area contributed by atoms with Gasteiger partial charge >= 0.3 is 6.16 Å². The Morgan fingerprint density at radius 1 is 1.30 bits per heavy atom. The topological polar surface area (TPSA) is 174 Å². The second-order valence-corrected chi connectivity index (χ2v) is 0.795. The molecule has 0 unspecified atom stereocenters. The van der Waals surface area contributed by atoms with Gasteiger partial charge in [-0.25, -0.2) is 4.79 Å². The van der Waals surface area contributed by atoms with Gasteiger partial charge in [-0.1, -0.05) is 0 Å². The molecule has 0 aromatic heterocycles. The molecule has 7 heteroatoms. The van der Waals surface area contributed by atoms with Crippen LogP contribution in [0.5, 0.6) is 0 Å². The molecule has 11 N–H and O–H groups in total. The van der Waals surface area contributed by atoms with Gasteiger partial charge in [0.05, 0.1) is 6.61 Å². The SMILES string of the molecule is N.N.NCCO.O=C(O)O. The number of carboxylic acid groups (broad SMARTS) is 2. The summed E-state index contributed by atoms with van der Waals surface area (Å²) in [6.45, 7) is 0.472. The first-order chi connectivity index (χ1) is 3.65. The number of nitrogens with two attached hydrogens (primary N) is 1. The van der Waals surface area contributed by atoms with Crippen LogP contribution >= 0.6 is 0 Å². The molecule has 0 atom stereocenters. The first-order valence-corrected chi connectivity index (χ1v) is 1.88. The maximum Gasteiger partial charge on any atom is 0.503 e. The van der Waals surface area contributed by atoms with Gasteiger partial charge in [-0.15, -0.1) is 0 Å². The number of hydrogen-bond donors (Lipinski definition) is 6. The molecule has 0 fully saturated rings. The van der Waals surface area contributed by atoms with Crippen molar-refractivity contribution in [3.05, 3.63) is 0 Å². The van der Waals surface area contributed by atoms with Gasteiger partial charge in [-0.3, -0.25) is 0 Å². The highest BCUT2D eigenvalue weighted by Gasteiger charge is 1.70. The standard InChI is InChI=1S/C2H7NO.CH2O3.2H3N/c3-1-2-4;2-1(3)4;;/h4H,1-3H2;(H2,2,3,4);2*1H3. The number of hydrogen-bond acceptors (Lipinski definition) is 5. The number of aliphatic hydroxyl groups is 1. The Labute approximate surface area is 58.6 Å². The van der Waals surface area contributed by atoms with E-state index >= 15 is 0 Å². The predicted octanol–water partition coefficient (Wildman–Crippen LogP) is -0.516. The van der Waals surface area contributed by atoms with Crippen LogP contribution in [-0.2, 0) is 0 Å². The Morgan fingerprint density at radius 2 is 1.40 bits per heavy atom. The summed E-state index contributed by atoms with van der Waals surface area (Å²) in [7, 11) is 0. The van der Waals surface area contributed by atoms with Gasteiger partial charge in [-0.2, -0.15) is 0 Å². The summed E-state index contributed by atoms with van der Waals surface area (Å²) < 4.78 is 0. The molecule has 10 heavy (non-hydrogen) atoms. The Bertz CT molecular complexity index is 53.7. The van der Waals surface area contributed by atoms with Crippen molar-refractivity contribution in [3.8, 4) is 0 Å². The summed E-state index contributed by atoms with van der Waals surface area (Å²) in [5.74, 6) is 0. The van der Waals surface area contributed by atoms with Crippen LogP contribution in [0.1, 0.15) is 0 Å². The highest BCUT2D eigenvalue weighted by Crippen LogP contribution is 1.42. The Hall–Kier alpha value is -0.890.